The smallest absolute Gasteiger partial charge is 0.308 e. The topological polar surface area (TPSA) is 66.8 Å². The molecule has 24 heavy (non-hydrogen) atoms. The van der Waals surface area contributed by atoms with E-state index in [1.807, 2.05) is 0 Å². The fraction of sp³-hybridized carbons (Fsp3) is 0.556. The quantitative estimate of drug-likeness (QED) is 0.900. The lowest BCUT2D eigenvalue weighted by Gasteiger charge is -2.31. The van der Waals surface area contributed by atoms with Crippen LogP contribution in [0.25, 0.3) is 0 Å². The van der Waals surface area contributed by atoms with Gasteiger partial charge in [0.25, 0.3) is 5.91 Å². The lowest BCUT2D eigenvalue weighted by atomic mass is 9.97. The fourth-order valence-corrected chi connectivity index (χ4v) is 3.66. The molecule has 1 saturated heterocycles. The van der Waals surface area contributed by atoms with Gasteiger partial charge in [0.15, 0.2) is 0 Å². The largest absolute Gasteiger partial charge is 0.490 e. The third kappa shape index (κ3) is 3.83. The van der Waals surface area contributed by atoms with Crippen molar-refractivity contribution in [1.29, 1.82) is 0 Å². The van der Waals surface area contributed by atoms with Crippen molar-refractivity contribution < 1.29 is 19.4 Å². The average Bonchev–Trinajstić information content (AvgIpc) is 3.09. The molecule has 0 spiro atoms. The number of piperidine rings is 1. The van der Waals surface area contributed by atoms with Crippen LogP contribution in [0, 0.1) is 5.92 Å². The van der Waals surface area contributed by atoms with Crippen LogP contribution in [0.3, 0.4) is 0 Å². The first-order valence-corrected chi connectivity index (χ1v) is 8.90. The summed E-state index contributed by atoms with van der Waals surface area (Å²) in [6.07, 6.45) is 5.75. The molecule has 0 radical (unpaired) electrons. The van der Waals surface area contributed by atoms with Crippen molar-refractivity contribution in [1.82, 2.24) is 4.90 Å². The maximum Gasteiger partial charge on any atom is 0.308 e. The molecule has 1 aromatic carbocycles. The molecule has 5 nitrogen and oxygen atoms in total. The zero-order valence-corrected chi connectivity index (χ0v) is 14.3. The van der Waals surface area contributed by atoms with Gasteiger partial charge in [0, 0.05) is 18.1 Å². The molecule has 2 fully saturated rings. The molecule has 1 aliphatic carbocycles. The number of nitrogens with zero attached hydrogens (tertiary/aromatic N) is 1. The molecule has 2 aliphatic rings. The number of rotatable bonds is 4. The summed E-state index contributed by atoms with van der Waals surface area (Å²) in [4.78, 5) is 25.7. The van der Waals surface area contributed by atoms with Crippen LogP contribution in [0.1, 0.15) is 48.9 Å². The Hall–Kier alpha value is -1.75. The van der Waals surface area contributed by atoms with Crippen LogP contribution in [-0.2, 0) is 4.79 Å². The number of likely N-dealkylation sites (tertiary alicyclic amines) is 1. The molecule has 1 aliphatic heterocycles. The number of benzene rings is 1. The molecule has 0 bridgehead atoms. The van der Waals surface area contributed by atoms with Crippen molar-refractivity contribution >= 4 is 23.5 Å². The third-order valence-corrected chi connectivity index (χ3v) is 5.06. The molecule has 130 valence electrons. The van der Waals surface area contributed by atoms with E-state index in [0.29, 0.717) is 35.7 Å². The number of ether oxygens (including phenoxy) is 1. The van der Waals surface area contributed by atoms with Gasteiger partial charge in [-0.05, 0) is 56.7 Å². The SMILES string of the molecule is O=C(O)[C@H]1CCCN(C(=O)c2cc(Cl)ccc2OC2CCCC2)C1. The Bertz CT molecular complexity index is 627. The average molecular weight is 352 g/mol. The first-order chi connectivity index (χ1) is 11.5. The highest BCUT2D eigenvalue weighted by Crippen LogP contribution is 2.30. The minimum atomic E-state index is -0.846. The number of carbonyl (C=O) groups excluding carboxylic acids is 1. The molecule has 0 aromatic heterocycles. The van der Waals surface area contributed by atoms with E-state index in [4.69, 9.17) is 16.3 Å². The van der Waals surface area contributed by atoms with Crippen LogP contribution in [-0.4, -0.2) is 41.1 Å². The van der Waals surface area contributed by atoms with E-state index in [1.54, 1.807) is 23.1 Å². The molecule has 1 amide bonds. The number of carboxylic acids is 1. The monoisotopic (exact) mass is 351 g/mol. The highest BCUT2D eigenvalue weighted by molar-refractivity contribution is 6.31. The summed E-state index contributed by atoms with van der Waals surface area (Å²) in [7, 11) is 0. The van der Waals surface area contributed by atoms with Gasteiger partial charge in [0.2, 0.25) is 0 Å². The van der Waals surface area contributed by atoms with Gasteiger partial charge in [-0.15, -0.1) is 0 Å². The van der Waals surface area contributed by atoms with Crippen LogP contribution < -0.4 is 4.74 Å². The second-order valence-electron chi connectivity index (χ2n) is 6.59. The van der Waals surface area contributed by atoms with Crippen molar-refractivity contribution in [2.45, 2.75) is 44.6 Å². The van der Waals surface area contributed by atoms with Crippen LogP contribution in [0.15, 0.2) is 18.2 Å². The van der Waals surface area contributed by atoms with Crippen LogP contribution in [0.2, 0.25) is 5.02 Å². The Balaban J connectivity index is 1.80. The van der Waals surface area contributed by atoms with E-state index in [-0.39, 0.29) is 18.6 Å². The number of carboxylic acid groups (broad SMARTS) is 1. The normalized spacial score (nSPS) is 21.7. The molecule has 1 atom stereocenters. The minimum absolute atomic E-state index is 0.144. The van der Waals surface area contributed by atoms with Crippen molar-refractivity contribution in [3.05, 3.63) is 28.8 Å². The van der Waals surface area contributed by atoms with Gasteiger partial charge in [0.1, 0.15) is 5.75 Å². The summed E-state index contributed by atoms with van der Waals surface area (Å²) in [6.45, 7) is 0.807. The molecule has 1 heterocycles. The predicted molar refractivity (Wildman–Crippen MR) is 90.6 cm³/mol. The maximum absolute atomic E-state index is 12.9. The minimum Gasteiger partial charge on any atom is -0.490 e. The Morgan fingerprint density at radius 1 is 1.17 bits per heavy atom. The summed E-state index contributed by atoms with van der Waals surface area (Å²) >= 11 is 6.08. The first kappa shape index (κ1) is 17.1. The molecule has 0 unspecified atom stereocenters. The number of hydrogen-bond acceptors (Lipinski definition) is 3. The van der Waals surface area contributed by atoms with Gasteiger partial charge in [-0.1, -0.05) is 11.6 Å². The fourth-order valence-electron chi connectivity index (χ4n) is 3.49. The summed E-state index contributed by atoms with van der Waals surface area (Å²) in [5.74, 6) is -0.993. The number of halogens is 1. The van der Waals surface area contributed by atoms with Gasteiger partial charge in [0.05, 0.1) is 17.6 Å². The van der Waals surface area contributed by atoms with Crippen molar-refractivity contribution in [2.75, 3.05) is 13.1 Å². The van der Waals surface area contributed by atoms with Gasteiger partial charge in [-0.2, -0.15) is 0 Å². The molecule has 3 rings (SSSR count). The van der Waals surface area contributed by atoms with E-state index in [0.717, 1.165) is 25.7 Å². The Labute approximate surface area is 146 Å². The lowest BCUT2D eigenvalue weighted by Crippen LogP contribution is -2.42. The van der Waals surface area contributed by atoms with Gasteiger partial charge >= 0.3 is 5.97 Å². The number of carbonyl (C=O) groups is 2. The first-order valence-electron chi connectivity index (χ1n) is 8.53. The van der Waals surface area contributed by atoms with Gasteiger partial charge < -0.3 is 14.7 Å². The second-order valence-corrected chi connectivity index (χ2v) is 7.03. The van der Waals surface area contributed by atoms with Crippen molar-refractivity contribution in [3.63, 3.8) is 0 Å². The van der Waals surface area contributed by atoms with E-state index in [1.165, 1.54) is 0 Å². The number of hydrogen-bond donors (Lipinski definition) is 1. The van der Waals surface area contributed by atoms with Crippen molar-refractivity contribution in [3.8, 4) is 5.75 Å². The van der Waals surface area contributed by atoms with E-state index in [2.05, 4.69) is 0 Å². The zero-order chi connectivity index (χ0) is 17.1. The van der Waals surface area contributed by atoms with Crippen LogP contribution >= 0.6 is 11.6 Å². The Morgan fingerprint density at radius 3 is 2.62 bits per heavy atom. The second kappa shape index (κ2) is 7.43. The molecular weight excluding hydrogens is 330 g/mol. The molecule has 1 N–H and O–H groups in total. The predicted octanol–water partition coefficient (Wildman–Crippen LogP) is 3.60. The Kier molecular flexibility index (Phi) is 5.29. The summed E-state index contributed by atoms with van der Waals surface area (Å²) < 4.78 is 6.03. The van der Waals surface area contributed by atoms with Crippen LogP contribution in [0.4, 0.5) is 0 Å². The summed E-state index contributed by atoms with van der Waals surface area (Å²) in [5, 5.41) is 9.69. The lowest BCUT2D eigenvalue weighted by molar-refractivity contribution is -0.143. The van der Waals surface area contributed by atoms with Crippen LogP contribution in [0.5, 0.6) is 5.75 Å². The van der Waals surface area contributed by atoms with Crippen molar-refractivity contribution in [2.24, 2.45) is 5.92 Å². The maximum atomic E-state index is 12.9. The molecule has 1 saturated carbocycles. The standard InChI is InChI=1S/C18H22ClNO4/c19-13-7-8-16(24-14-5-1-2-6-14)15(10-13)17(21)20-9-3-4-12(11-20)18(22)23/h7-8,10,12,14H,1-6,9,11H2,(H,22,23)/t12-/m0/s1. The third-order valence-electron chi connectivity index (χ3n) is 4.83. The summed E-state index contributed by atoms with van der Waals surface area (Å²) in [5.41, 5.74) is 0.431. The van der Waals surface area contributed by atoms with E-state index >= 15 is 0 Å². The molecule has 6 heteroatoms. The van der Waals surface area contributed by atoms with Gasteiger partial charge in [-0.25, -0.2) is 0 Å². The van der Waals surface area contributed by atoms with E-state index < -0.39 is 11.9 Å². The summed E-state index contributed by atoms with van der Waals surface area (Å²) in [6, 6.07) is 5.09. The Morgan fingerprint density at radius 2 is 1.92 bits per heavy atom. The zero-order valence-electron chi connectivity index (χ0n) is 13.5. The number of amides is 1. The van der Waals surface area contributed by atoms with Gasteiger partial charge in [-0.3, -0.25) is 9.59 Å². The van der Waals surface area contributed by atoms with E-state index in [9.17, 15) is 14.7 Å². The molecule has 1 aromatic rings. The number of aliphatic carboxylic acids is 1. The molecular formula is C18H22ClNO4. The highest BCUT2D eigenvalue weighted by Gasteiger charge is 2.30. The highest BCUT2D eigenvalue weighted by atomic mass is 35.5.